The number of halogens is 2. The Morgan fingerprint density at radius 1 is 1.26 bits per heavy atom. The standard InChI is InChI=1S/C24H24BrFN6O2/c1-34-7-6-27-24(33)15-3-2-14(8-15)9-21-29-13-19-22(25)31-32(23(19)30-21)18-11-16-10-17(26)4-5-20(16)28-12-18/h4-5,10-15H,2-3,6-9H2,1H3,(H,27,33)/t14-,15-/m1/s1. The largest absolute Gasteiger partial charge is 0.383 e. The van der Waals surface area contributed by atoms with Gasteiger partial charge in [0, 0.05) is 37.6 Å². The molecule has 34 heavy (non-hydrogen) atoms. The van der Waals surface area contributed by atoms with Crippen molar-refractivity contribution in [2.24, 2.45) is 11.8 Å². The first-order valence-corrected chi connectivity index (χ1v) is 12.0. The van der Waals surface area contributed by atoms with Crippen LogP contribution in [0.3, 0.4) is 0 Å². The van der Waals surface area contributed by atoms with Gasteiger partial charge in [0.15, 0.2) is 5.65 Å². The van der Waals surface area contributed by atoms with E-state index in [2.05, 4.69) is 36.3 Å². The van der Waals surface area contributed by atoms with Gasteiger partial charge < -0.3 is 10.1 Å². The lowest BCUT2D eigenvalue weighted by atomic mass is 10.0. The number of rotatable bonds is 7. The number of fused-ring (bicyclic) bond motifs is 2. The molecule has 1 aliphatic rings. The summed E-state index contributed by atoms with van der Waals surface area (Å²) in [5, 5.41) is 8.97. The number of carbonyl (C=O) groups excluding carboxylic acids is 1. The summed E-state index contributed by atoms with van der Waals surface area (Å²) in [6, 6.07) is 6.34. The van der Waals surface area contributed by atoms with Gasteiger partial charge in [0.05, 0.1) is 29.4 Å². The third-order valence-corrected chi connectivity index (χ3v) is 6.88. The lowest BCUT2D eigenvalue weighted by molar-refractivity contribution is -0.125. The van der Waals surface area contributed by atoms with Crippen LogP contribution in [0.2, 0.25) is 0 Å². The predicted molar refractivity (Wildman–Crippen MR) is 129 cm³/mol. The molecule has 0 spiro atoms. The Kier molecular flexibility index (Phi) is 6.51. The van der Waals surface area contributed by atoms with Crippen molar-refractivity contribution in [3.05, 3.63) is 52.9 Å². The highest BCUT2D eigenvalue weighted by Gasteiger charge is 2.30. The van der Waals surface area contributed by atoms with Gasteiger partial charge in [-0.3, -0.25) is 9.78 Å². The molecular weight excluding hydrogens is 503 g/mol. The van der Waals surface area contributed by atoms with E-state index >= 15 is 0 Å². The van der Waals surface area contributed by atoms with E-state index in [9.17, 15) is 9.18 Å². The van der Waals surface area contributed by atoms with E-state index in [1.54, 1.807) is 30.3 Å². The van der Waals surface area contributed by atoms with Crippen LogP contribution >= 0.6 is 15.9 Å². The van der Waals surface area contributed by atoms with Gasteiger partial charge in [-0.2, -0.15) is 5.10 Å². The number of benzene rings is 1. The maximum Gasteiger partial charge on any atom is 0.223 e. The Hall–Kier alpha value is -2.98. The Morgan fingerprint density at radius 3 is 3.00 bits per heavy atom. The molecule has 5 rings (SSSR count). The van der Waals surface area contributed by atoms with Crippen LogP contribution in [0.25, 0.3) is 27.6 Å². The molecule has 4 aromatic rings. The summed E-state index contributed by atoms with van der Waals surface area (Å²) in [7, 11) is 1.62. The van der Waals surface area contributed by atoms with Crippen LogP contribution in [0, 0.1) is 17.7 Å². The lowest BCUT2D eigenvalue weighted by Gasteiger charge is -2.11. The highest BCUT2D eigenvalue weighted by molar-refractivity contribution is 9.10. The summed E-state index contributed by atoms with van der Waals surface area (Å²) in [4.78, 5) is 26.2. The third-order valence-electron chi connectivity index (χ3n) is 6.29. The normalized spacial score (nSPS) is 18.1. The minimum absolute atomic E-state index is 0.0225. The Balaban J connectivity index is 1.37. The van der Waals surface area contributed by atoms with Crippen molar-refractivity contribution in [3.8, 4) is 5.69 Å². The predicted octanol–water partition coefficient (Wildman–Crippen LogP) is 3.99. The van der Waals surface area contributed by atoms with E-state index in [0.717, 1.165) is 24.6 Å². The monoisotopic (exact) mass is 526 g/mol. The van der Waals surface area contributed by atoms with Gasteiger partial charge in [0.25, 0.3) is 0 Å². The van der Waals surface area contributed by atoms with Gasteiger partial charge in [-0.25, -0.2) is 19.0 Å². The smallest absolute Gasteiger partial charge is 0.223 e. The molecule has 1 N–H and O–H groups in total. The number of ether oxygens (including phenoxy) is 1. The zero-order chi connectivity index (χ0) is 23.7. The van der Waals surface area contributed by atoms with E-state index in [1.807, 2.05) is 6.07 Å². The molecule has 0 saturated heterocycles. The summed E-state index contributed by atoms with van der Waals surface area (Å²) in [6.07, 6.45) is 6.82. The molecule has 0 aliphatic heterocycles. The Morgan fingerprint density at radius 2 is 2.15 bits per heavy atom. The van der Waals surface area contributed by atoms with E-state index in [0.29, 0.717) is 58.2 Å². The first-order chi connectivity index (χ1) is 16.5. The Labute approximate surface area is 204 Å². The minimum atomic E-state index is -0.315. The fourth-order valence-corrected chi connectivity index (χ4v) is 5.00. The maximum atomic E-state index is 13.7. The Bertz CT molecular complexity index is 1360. The molecule has 8 nitrogen and oxygen atoms in total. The minimum Gasteiger partial charge on any atom is -0.383 e. The number of carbonyl (C=O) groups is 1. The van der Waals surface area contributed by atoms with Gasteiger partial charge >= 0.3 is 0 Å². The van der Waals surface area contributed by atoms with E-state index in [4.69, 9.17) is 9.72 Å². The van der Waals surface area contributed by atoms with Crippen molar-refractivity contribution in [1.82, 2.24) is 30.0 Å². The molecule has 3 aromatic heterocycles. The zero-order valence-electron chi connectivity index (χ0n) is 18.7. The average Bonchev–Trinajstić information content (AvgIpc) is 3.43. The van der Waals surface area contributed by atoms with Crippen molar-refractivity contribution >= 4 is 43.8 Å². The molecule has 1 amide bonds. The van der Waals surface area contributed by atoms with Crippen molar-refractivity contribution in [2.75, 3.05) is 20.3 Å². The van der Waals surface area contributed by atoms with E-state index in [1.165, 1.54) is 12.1 Å². The number of amides is 1. The highest BCUT2D eigenvalue weighted by Crippen LogP contribution is 2.33. The molecule has 0 bridgehead atoms. The topological polar surface area (TPSA) is 94.8 Å². The number of methoxy groups -OCH3 is 1. The maximum absolute atomic E-state index is 13.7. The summed E-state index contributed by atoms with van der Waals surface area (Å²) < 4.78 is 21.0. The van der Waals surface area contributed by atoms with Crippen LogP contribution in [0.1, 0.15) is 25.1 Å². The van der Waals surface area contributed by atoms with Gasteiger partial charge in [0.2, 0.25) is 5.91 Å². The zero-order valence-corrected chi connectivity index (χ0v) is 20.3. The van der Waals surface area contributed by atoms with E-state index < -0.39 is 0 Å². The number of nitrogens with zero attached hydrogens (tertiary/aromatic N) is 5. The number of nitrogens with one attached hydrogen (secondary N) is 1. The second-order valence-electron chi connectivity index (χ2n) is 8.62. The summed E-state index contributed by atoms with van der Waals surface area (Å²) in [6.45, 7) is 1.05. The van der Waals surface area contributed by atoms with Crippen molar-refractivity contribution in [2.45, 2.75) is 25.7 Å². The lowest BCUT2D eigenvalue weighted by Crippen LogP contribution is -2.32. The summed E-state index contributed by atoms with van der Waals surface area (Å²) in [5.74, 6) is 0.865. The van der Waals surface area contributed by atoms with Crippen LogP contribution in [0.4, 0.5) is 4.39 Å². The quantitative estimate of drug-likeness (QED) is 0.366. The molecule has 1 aromatic carbocycles. The third kappa shape index (κ3) is 4.65. The van der Waals surface area contributed by atoms with Crippen molar-refractivity contribution in [1.29, 1.82) is 0 Å². The molecule has 10 heteroatoms. The number of hydrogen-bond donors (Lipinski definition) is 1. The van der Waals surface area contributed by atoms with Gasteiger partial charge in [-0.15, -0.1) is 0 Å². The van der Waals surface area contributed by atoms with Crippen molar-refractivity contribution < 1.29 is 13.9 Å². The molecule has 1 saturated carbocycles. The highest BCUT2D eigenvalue weighted by atomic mass is 79.9. The molecule has 3 heterocycles. The first kappa shape index (κ1) is 22.8. The molecule has 0 unspecified atom stereocenters. The van der Waals surface area contributed by atoms with Crippen LogP contribution in [0.15, 0.2) is 41.3 Å². The fourth-order valence-electron chi connectivity index (χ4n) is 4.57. The number of hydrogen-bond acceptors (Lipinski definition) is 6. The molecule has 1 aliphatic carbocycles. The van der Waals surface area contributed by atoms with Gasteiger partial charge in [0.1, 0.15) is 16.2 Å². The molecule has 176 valence electrons. The molecule has 0 radical (unpaired) electrons. The van der Waals surface area contributed by atoms with Gasteiger partial charge in [-0.05, 0) is 65.4 Å². The average molecular weight is 527 g/mol. The second kappa shape index (κ2) is 9.71. The van der Waals surface area contributed by atoms with Gasteiger partial charge in [-0.1, -0.05) is 0 Å². The SMILES string of the molecule is COCCNC(=O)[C@@H]1CC[C@@H](Cc2ncc3c(Br)nn(-c4cnc5ccc(F)cc5c4)c3n2)C1. The van der Waals surface area contributed by atoms with Crippen molar-refractivity contribution in [3.63, 3.8) is 0 Å². The molecule has 2 atom stereocenters. The summed E-state index contributed by atoms with van der Waals surface area (Å²) >= 11 is 3.49. The first-order valence-electron chi connectivity index (χ1n) is 11.2. The summed E-state index contributed by atoms with van der Waals surface area (Å²) in [5.41, 5.74) is 2.05. The second-order valence-corrected chi connectivity index (χ2v) is 9.37. The number of pyridine rings is 1. The molecule has 1 fully saturated rings. The molecular formula is C24H24BrFN6O2. The van der Waals surface area contributed by atoms with Crippen LogP contribution < -0.4 is 5.32 Å². The van der Waals surface area contributed by atoms with Crippen LogP contribution in [0.5, 0.6) is 0 Å². The number of aromatic nitrogens is 5. The van der Waals surface area contributed by atoms with Crippen LogP contribution in [-0.4, -0.2) is 50.9 Å². The van der Waals surface area contributed by atoms with E-state index in [-0.39, 0.29) is 17.6 Å². The fraction of sp³-hybridized carbons (Fsp3) is 0.375. The van der Waals surface area contributed by atoms with Crippen LogP contribution in [-0.2, 0) is 16.0 Å².